The lowest BCUT2D eigenvalue weighted by Crippen LogP contribution is -2.44. The zero-order chi connectivity index (χ0) is 19.2. The summed E-state index contributed by atoms with van der Waals surface area (Å²) in [7, 11) is 0. The van der Waals surface area contributed by atoms with Gasteiger partial charge in [0.15, 0.2) is 5.96 Å². The smallest absolute Gasteiger partial charge is 0.407 e. The van der Waals surface area contributed by atoms with Crippen molar-refractivity contribution in [2.45, 2.75) is 52.3 Å². The van der Waals surface area contributed by atoms with Crippen molar-refractivity contribution in [2.24, 2.45) is 4.99 Å². The summed E-state index contributed by atoms with van der Waals surface area (Å²) in [5, 5.41) is 15.6. The van der Waals surface area contributed by atoms with Crippen LogP contribution in [0.2, 0.25) is 0 Å². The van der Waals surface area contributed by atoms with Gasteiger partial charge in [0.25, 0.3) is 0 Å². The molecule has 0 bridgehead atoms. The third-order valence-electron chi connectivity index (χ3n) is 3.89. The number of rotatable bonds is 4. The number of phenols is 1. The SMILES string of the molecule is CCNC(=NCc1ccc(O)cc1)N1CCC(NC(=O)OC(C)(C)C)C1.I. The molecular formula is C19H31IN4O3. The lowest BCUT2D eigenvalue weighted by molar-refractivity contribution is 0.0507. The van der Waals surface area contributed by atoms with Gasteiger partial charge in [-0.2, -0.15) is 0 Å². The maximum Gasteiger partial charge on any atom is 0.407 e. The van der Waals surface area contributed by atoms with Gasteiger partial charge in [0.2, 0.25) is 0 Å². The Hall–Kier alpha value is -1.71. The summed E-state index contributed by atoms with van der Waals surface area (Å²) in [5.74, 6) is 1.08. The Labute approximate surface area is 178 Å². The summed E-state index contributed by atoms with van der Waals surface area (Å²) < 4.78 is 5.32. The van der Waals surface area contributed by atoms with E-state index in [0.29, 0.717) is 13.1 Å². The molecule has 7 nitrogen and oxygen atoms in total. The second-order valence-electron chi connectivity index (χ2n) is 7.41. The number of likely N-dealkylation sites (tertiary alicyclic amines) is 1. The molecule has 1 aromatic rings. The van der Waals surface area contributed by atoms with Crippen LogP contribution in [-0.4, -0.2) is 53.3 Å². The van der Waals surface area contributed by atoms with Gasteiger partial charge < -0.3 is 25.4 Å². The molecule has 8 heteroatoms. The number of phenolic OH excluding ortho intramolecular Hbond substituents is 1. The zero-order valence-corrected chi connectivity index (χ0v) is 18.8. The molecule has 27 heavy (non-hydrogen) atoms. The van der Waals surface area contributed by atoms with E-state index in [0.717, 1.165) is 31.0 Å². The van der Waals surface area contributed by atoms with Crippen molar-refractivity contribution in [1.29, 1.82) is 0 Å². The molecule has 1 heterocycles. The first kappa shape index (κ1) is 23.3. The number of nitrogens with one attached hydrogen (secondary N) is 2. The van der Waals surface area contributed by atoms with Crippen LogP contribution in [-0.2, 0) is 11.3 Å². The lowest BCUT2D eigenvalue weighted by Gasteiger charge is -2.23. The van der Waals surface area contributed by atoms with Crippen molar-refractivity contribution >= 4 is 36.0 Å². The van der Waals surface area contributed by atoms with Crippen molar-refractivity contribution in [1.82, 2.24) is 15.5 Å². The molecule has 1 fully saturated rings. The number of hydrogen-bond donors (Lipinski definition) is 3. The predicted molar refractivity (Wildman–Crippen MR) is 118 cm³/mol. The Bertz CT molecular complexity index is 629. The second-order valence-corrected chi connectivity index (χ2v) is 7.41. The molecule has 0 aliphatic carbocycles. The maximum absolute atomic E-state index is 11.9. The molecule has 1 unspecified atom stereocenters. The van der Waals surface area contributed by atoms with Crippen molar-refractivity contribution in [2.75, 3.05) is 19.6 Å². The van der Waals surface area contributed by atoms with Gasteiger partial charge in [0.05, 0.1) is 12.6 Å². The van der Waals surface area contributed by atoms with Gasteiger partial charge in [-0.15, -0.1) is 24.0 Å². The van der Waals surface area contributed by atoms with Crippen LogP contribution >= 0.6 is 24.0 Å². The minimum absolute atomic E-state index is 0. The summed E-state index contributed by atoms with van der Waals surface area (Å²) in [4.78, 5) is 18.8. The van der Waals surface area contributed by atoms with E-state index < -0.39 is 5.60 Å². The van der Waals surface area contributed by atoms with E-state index >= 15 is 0 Å². The molecule has 0 saturated carbocycles. The van der Waals surface area contributed by atoms with Gasteiger partial charge in [-0.25, -0.2) is 9.79 Å². The number of hydrogen-bond acceptors (Lipinski definition) is 4. The van der Waals surface area contributed by atoms with E-state index in [1.165, 1.54) is 0 Å². The van der Waals surface area contributed by atoms with Gasteiger partial charge >= 0.3 is 6.09 Å². The lowest BCUT2D eigenvalue weighted by atomic mass is 10.2. The molecule has 1 aromatic carbocycles. The minimum Gasteiger partial charge on any atom is -0.508 e. The topological polar surface area (TPSA) is 86.2 Å². The first-order chi connectivity index (χ1) is 12.3. The number of ether oxygens (including phenoxy) is 1. The number of halogens is 1. The van der Waals surface area contributed by atoms with Gasteiger partial charge in [-0.3, -0.25) is 0 Å². The molecule has 1 saturated heterocycles. The Morgan fingerprint density at radius 3 is 2.59 bits per heavy atom. The summed E-state index contributed by atoms with van der Waals surface area (Å²) in [5.41, 5.74) is 0.531. The van der Waals surface area contributed by atoms with Crippen LogP contribution in [0.4, 0.5) is 4.79 Å². The molecule has 0 aromatic heterocycles. The molecule has 1 aliphatic rings. The third-order valence-corrected chi connectivity index (χ3v) is 3.89. The van der Waals surface area contributed by atoms with Crippen LogP contribution in [0.25, 0.3) is 0 Å². The number of guanidine groups is 1. The Morgan fingerprint density at radius 2 is 2.00 bits per heavy atom. The van der Waals surface area contributed by atoms with Gasteiger partial charge in [0, 0.05) is 19.6 Å². The minimum atomic E-state index is -0.497. The van der Waals surface area contributed by atoms with Gasteiger partial charge in [-0.05, 0) is 51.8 Å². The van der Waals surface area contributed by atoms with Crippen LogP contribution < -0.4 is 10.6 Å². The van der Waals surface area contributed by atoms with Crippen LogP contribution in [0.3, 0.4) is 0 Å². The van der Waals surface area contributed by atoms with E-state index in [4.69, 9.17) is 4.74 Å². The van der Waals surface area contributed by atoms with E-state index in [1.807, 2.05) is 39.8 Å². The van der Waals surface area contributed by atoms with E-state index in [9.17, 15) is 9.90 Å². The first-order valence-electron chi connectivity index (χ1n) is 9.07. The Morgan fingerprint density at radius 1 is 1.33 bits per heavy atom. The summed E-state index contributed by atoms with van der Waals surface area (Å²) in [6.07, 6.45) is 0.471. The van der Waals surface area contributed by atoms with Crippen molar-refractivity contribution in [3.8, 4) is 5.75 Å². The van der Waals surface area contributed by atoms with Gasteiger partial charge in [0.1, 0.15) is 11.4 Å². The third kappa shape index (κ3) is 8.23. The fraction of sp³-hybridized carbons (Fsp3) is 0.579. The standard InChI is InChI=1S/C19H30N4O3.HI/c1-5-20-17(21-12-14-6-8-16(24)9-7-14)23-11-10-15(13-23)22-18(25)26-19(2,3)4;/h6-9,15,24H,5,10-13H2,1-4H3,(H,20,21)(H,22,25);1H. The number of aliphatic imine (C=N–C) groups is 1. The van der Waals surface area contributed by atoms with Crippen molar-refractivity contribution in [3.63, 3.8) is 0 Å². The molecule has 0 spiro atoms. The fourth-order valence-corrected chi connectivity index (χ4v) is 2.74. The quantitative estimate of drug-likeness (QED) is 0.343. The number of carbonyl (C=O) groups is 1. The molecule has 2 rings (SSSR count). The molecule has 1 atom stereocenters. The highest BCUT2D eigenvalue weighted by molar-refractivity contribution is 14.0. The van der Waals surface area contributed by atoms with Crippen molar-refractivity contribution < 1.29 is 14.6 Å². The fourth-order valence-electron chi connectivity index (χ4n) is 2.74. The molecule has 1 amide bonds. The predicted octanol–water partition coefficient (Wildman–Crippen LogP) is 3.07. The monoisotopic (exact) mass is 490 g/mol. The van der Waals surface area contributed by atoms with Crippen LogP contribution in [0, 0.1) is 0 Å². The van der Waals surface area contributed by atoms with Crippen LogP contribution in [0.1, 0.15) is 39.7 Å². The molecule has 0 radical (unpaired) electrons. The number of nitrogens with zero attached hydrogens (tertiary/aromatic N) is 2. The average molecular weight is 490 g/mol. The number of carbonyl (C=O) groups excluding carboxylic acids is 1. The highest BCUT2D eigenvalue weighted by Crippen LogP contribution is 2.14. The van der Waals surface area contributed by atoms with E-state index in [2.05, 4.69) is 20.5 Å². The number of benzene rings is 1. The summed E-state index contributed by atoms with van der Waals surface area (Å²) in [6.45, 7) is 10.4. The Kier molecular flexibility index (Phi) is 9.14. The van der Waals surface area contributed by atoms with Crippen molar-refractivity contribution in [3.05, 3.63) is 29.8 Å². The molecule has 3 N–H and O–H groups in total. The summed E-state index contributed by atoms with van der Waals surface area (Å²) >= 11 is 0. The largest absolute Gasteiger partial charge is 0.508 e. The normalized spacial score (nSPS) is 17.3. The first-order valence-corrected chi connectivity index (χ1v) is 9.07. The van der Waals surface area contributed by atoms with Crippen LogP contribution in [0.5, 0.6) is 5.75 Å². The maximum atomic E-state index is 11.9. The second kappa shape index (κ2) is 10.6. The highest BCUT2D eigenvalue weighted by atomic mass is 127. The molecular weight excluding hydrogens is 459 g/mol. The summed E-state index contributed by atoms with van der Waals surface area (Å²) in [6, 6.07) is 7.09. The van der Waals surface area contributed by atoms with Gasteiger partial charge in [-0.1, -0.05) is 12.1 Å². The molecule has 152 valence electrons. The van der Waals surface area contributed by atoms with E-state index in [1.54, 1.807) is 12.1 Å². The highest BCUT2D eigenvalue weighted by Gasteiger charge is 2.27. The Balaban J connectivity index is 0.00000364. The molecule has 1 aliphatic heterocycles. The van der Waals surface area contributed by atoms with E-state index in [-0.39, 0.29) is 41.9 Å². The van der Waals surface area contributed by atoms with Crippen LogP contribution in [0.15, 0.2) is 29.3 Å². The zero-order valence-electron chi connectivity index (χ0n) is 16.5. The average Bonchev–Trinajstić information content (AvgIpc) is 2.99. The number of aromatic hydroxyl groups is 1. The number of alkyl carbamates (subject to hydrolysis) is 1. The number of amides is 1.